The molecule has 0 aliphatic carbocycles. The van der Waals surface area contributed by atoms with Gasteiger partial charge in [-0.3, -0.25) is 0 Å². The molecule has 5 heteroatoms. The molecule has 0 unspecified atom stereocenters. The van der Waals surface area contributed by atoms with Crippen LogP contribution < -0.4 is 16.4 Å². The highest BCUT2D eigenvalue weighted by atomic mass is 15.1. The molecule has 3 rings (SSSR count). The Bertz CT molecular complexity index is 830. The molecule has 0 saturated carbocycles. The maximum Gasteiger partial charge on any atom is 0.159 e. The van der Waals surface area contributed by atoms with Crippen LogP contribution in [-0.2, 0) is 6.54 Å². The van der Waals surface area contributed by atoms with E-state index in [1.165, 1.54) is 23.0 Å². The lowest BCUT2D eigenvalue weighted by atomic mass is 10.1. The molecule has 0 atom stereocenters. The number of nitrogen functional groups attached to an aromatic ring is 1. The average Bonchev–Trinajstić information content (AvgIpc) is 2.60. The summed E-state index contributed by atoms with van der Waals surface area (Å²) in [4.78, 5) is 8.52. The van der Waals surface area contributed by atoms with Gasteiger partial charge in [-0.1, -0.05) is 42.5 Å². The molecule has 0 fully saturated rings. The first-order chi connectivity index (χ1) is 11.6. The zero-order chi connectivity index (χ0) is 16.9. The molecule has 0 spiro atoms. The van der Waals surface area contributed by atoms with Crippen LogP contribution in [0.2, 0.25) is 0 Å². The molecule has 122 valence electrons. The molecular formula is C19H21N5. The van der Waals surface area contributed by atoms with Crippen LogP contribution >= 0.6 is 0 Å². The zero-order valence-electron chi connectivity index (χ0n) is 13.9. The van der Waals surface area contributed by atoms with Gasteiger partial charge in [-0.2, -0.15) is 0 Å². The summed E-state index contributed by atoms with van der Waals surface area (Å²) in [7, 11) is 0. The van der Waals surface area contributed by atoms with Gasteiger partial charge in [0.15, 0.2) is 11.6 Å². The SMILES string of the molecule is Cc1cccc(Nc2ncnc(NCc3ccccc3)c2N)c1C. The van der Waals surface area contributed by atoms with Crippen molar-refractivity contribution in [2.24, 2.45) is 0 Å². The molecule has 0 amide bonds. The monoisotopic (exact) mass is 319 g/mol. The molecule has 0 radical (unpaired) electrons. The first kappa shape index (κ1) is 15.8. The lowest BCUT2D eigenvalue weighted by Crippen LogP contribution is -2.08. The topological polar surface area (TPSA) is 75.9 Å². The number of nitrogens with zero attached hydrogens (tertiary/aromatic N) is 2. The minimum Gasteiger partial charge on any atom is -0.393 e. The fourth-order valence-corrected chi connectivity index (χ4v) is 2.43. The van der Waals surface area contributed by atoms with Crippen molar-refractivity contribution in [3.05, 3.63) is 71.5 Å². The summed E-state index contributed by atoms with van der Waals surface area (Å²) in [5.41, 5.74) is 11.3. The van der Waals surface area contributed by atoms with Gasteiger partial charge in [-0.25, -0.2) is 9.97 Å². The fraction of sp³-hybridized carbons (Fsp3) is 0.158. The summed E-state index contributed by atoms with van der Waals surface area (Å²) in [6, 6.07) is 16.2. The van der Waals surface area contributed by atoms with E-state index >= 15 is 0 Å². The second kappa shape index (κ2) is 7.00. The zero-order valence-corrected chi connectivity index (χ0v) is 13.9. The van der Waals surface area contributed by atoms with E-state index < -0.39 is 0 Å². The predicted octanol–water partition coefficient (Wildman–Crippen LogP) is 4.03. The van der Waals surface area contributed by atoms with Gasteiger partial charge in [-0.05, 0) is 36.6 Å². The van der Waals surface area contributed by atoms with Crippen molar-refractivity contribution >= 4 is 23.0 Å². The van der Waals surface area contributed by atoms with Crippen molar-refractivity contribution in [1.82, 2.24) is 9.97 Å². The van der Waals surface area contributed by atoms with Crippen LogP contribution in [0.15, 0.2) is 54.9 Å². The number of hydrogen-bond donors (Lipinski definition) is 3. The Morgan fingerprint density at radius 3 is 2.46 bits per heavy atom. The third-order valence-corrected chi connectivity index (χ3v) is 4.04. The van der Waals surface area contributed by atoms with Crippen LogP contribution in [0.25, 0.3) is 0 Å². The summed E-state index contributed by atoms with van der Waals surface area (Å²) in [5.74, 6) is 1.23. The minimum absolute atomic E-state index is 0.509. The lowest BCUT2D eigenvalue weighted by Gasteiger charge is -2.14. The maximum absolute atomic E-state index is 6.23. The van der Waals surface area contributed by atoms with E-state index in [4.69, 9.17) is 5.73 Å². The minimum atomic E-state index is 0.509. The fourth-order valence-electron chi connectivity index (χ4n) is 2.43. The van der Waals surface area contributed by atoms with E-state index in [-0.39, 0.29) is 0 Å². The number of benzene rings is 2. The third kappa shape index (κ3) is 3.46. The van der Waals surface area contributed by atoms with Gasteiger partial charge >= 0.3 is 0 Å². The predicted molar refractivity (Wildman–Crippen MR) is 99.4 cm³/mol. The van der Waals surface area contributed by atoms with Gasteiger partial charge in [0.25, 0.3) is 0 Å². The number of nitrogens with one attached hydrogen (secondary N) is 2. The normalized spacial score (nSPS) is 10.4. The van der Waals surface area contributed by atoms with Crippen molar-refractivity contribution in [2.75, 3.05) is 16.4 Å². The van der Waals surface area contributed by atoms with Gasteiger partial charge in [0.1, 0.15) is 12.0 Å². The van der Waals surface area contributed by atoms with Crippen LogP contribution in [0.4, 0.5) is 23.0 Å². The Morgan fingerprint density at radius 1 is 0.917 bits per heavy atom. The number of anilines is 4. The van der Waals surface area contributed by atoms with Crippen molar-refractivity contribution in [3.8, 4) is 0 Å². The van der Waals surface area contributed by atoms with Crippen molar-refractivity contribution in [3.63, 3.8) is 0 Å². The largest absolute Gasteiger partial charge is 0.393 e. The average molecular weight is 319 g/mol. The highest BCUT2D eigenvalue weighted by molar-refractivity contribution is 5.78. The first-order valence-electron chi connectivity index (χ1n) is 7.86. The highest BCUT2D eigenvalue weighted by Crippen LogP contribution is 2.28. The molecule has 0 aliphatic rings. The van der Waals surface area contributed by atoms with Gasteiger partial charge in [0.2, 0.25) is 0 Å². The van der Waals surface area contributed by atoms with Crippen molar-refractivity contribution < 1.29 is 0 Å². The Kier molecular flexibility index (Phi) is 4.61. The molecule has 0 saturated heterocycles. The van der Waals surface area contributed by atoms with Gasteiger partial charge < -0.3 is 16.4 Å². The van der Waals surface area contributed by atoms with Crippen LogP contribution in [0.1, 0.15) is 16.7 Å². The summed E-state index contributed by atoms with van der Waals surface area (Å²) >= 11 is 0. The summed E-state index contributed by atoms with van der Waals surface area (Å²) in [5, 5.41) is 6.57. The van der Waals surface area contributed by atoms with Gasteiger partial charge in [0, 0.05) is 12.2 Å². The second-order valence-corrected chi connectivity index (χ2v) is 5.70. The molecule has 24 heavy (non-hydrogen) atoms. The number of rotatable bonds is 5. The number of aromatic nitrogens is 2. The van der Waals surface area contributed by atoms with Gasteiger partial charge in [-0.15, -0.1) is 0 Å². The number of aryl methyl sites for hydroxylation is 1. The van der Waals surface area contributed by atoms with E-state index in [1.807, 2.05) is 30.3 Å². The summed E-state index contributed by atoms with van der Waals surface area (Å²) in [6.07, 6.45) is 1.51. The Hall–Kier alpha value is -3.08. The number of hydrogen-bond acceptors (Lipinski definition) is 5. The van der Waals surface area contributed by atoms with E-state index in [2.05, 4.69) is 52.6 Å². The Labute approximate surface area is 142 Å². The molecule has 1 heterocycles. The smallest absolute Gasteiger partial charge is 0.159 e. The first-order valence-corrected chi connectivity index (χ1v) is 7.86. The molecule has 4 N–H and O–H groups in total. The van der Waals surface area contributed by atoms with E-state index in [1.54, 1.807) is 0 Å². The van der Waals surface area contributed by atoms with E-state index in [0.29, 0.717) is 23.9 Å². The van der Waals surface area contributed by atoms with E-state index in [9.17, 15) is 0 Å². The molecule has 0 aliphatic heterocycles. The Morgan fingerprint density at radius 2 is 1.67 bits per heavy atom. The highest BCUT2D eigenvalue weighted by Gasteiger charge is 2.09. The van der Waals surface area contributed by atoms with Crippen LogP contribution in [0.3, 0.4) is 0 Å². The molecule has 2 aromatic carbocycles. The summed E-state index contributed by atoms with van der Waals surface area (Å²) < 4.78 is 0. The molecule has 5 nitrogen and oxygen atoms in total. The third-order valence-electron chi connectivity index (χ3n) is 4.04. The lowest BCUT2D eigenvalue weighted by molar-refractivity contribution is 1.08. The molecule has 1 aromatic heterocycles. The standard InChI is InChI=1S/C19H21N5/c1-13-7-6-10-16(14(13)2)24-19-17(20)18(22-12-23-19)21-11-15-8-4-3-5-9-15/h3-10,12H,11,20H2,1-2H3,(H2,21,22,23,24). The van der Waals surface area contributed by atoms with Gasteiger partial charge in [0.05, 0.1) is 0 Å². The molecule has 3 aromatic rings. The molecule has 0 bridgehead atoms. The van der Waals surface area contributed by atoms with Crippen LogP contribution in [0.5, 0.6) is 0 Å². The summed E-state index contributed by atoms with van der Waals surface area (Å²) in [6.45, 7) is 4.81. The molecular weight excluding hydrogens is 298 g/mol. The van der Waals surface area contributed by atoms with Crippen molar-refractivity contribution in [1.29, 1.82) is 0 Å². The van der Waals surface area contributed by atoms with Crippen LogP contribution in [-0.4, -0.2) is 9.97 Å². The van der Waals surface area contributed by atoms with Crippen molar-refractivity contribution in [2.45, 2.75) is 20.4 Å². The Balaban J connectivity index is 1.79. The number of nitrogens with two attached hydrogens (primary N) is 1. The second-order valence-electron chi connectivity index (χ2n) is 5.70. The maximum atomic E-state index is 6.23. The van der Waals surface area contributed by atoms with E-state index in [0.717, 1.165) is 5.69 Å². The quantitative estimate of drug-likeness (QED) is 0.662. The van der Waals surface area contributed by atoms with Crippen LogP contribution in [0, 0.1) is 13.8 Å².